The monoisotopic (exact) mass is 208 g/mol. The minimum atomic E-state index is -0.0823. The van der Waals surface area contributed by atoms with E-state index in [-0.39, 0.29) is 11.7 Å². The van der Waals surface area contributed by atoms with Crippen LogP contribution in [0.2, 0.25) is 0 Å². The molecular weight excluding hydrogens is 192 g/mol. The number of amides is 1. The number of hydrogen-bond acceptors (Lipinski definition) is 3. The third-order valence-electron chi connectivity index (χ3n) is 2.14. The van der Waals surface area contributed by atoms with Gasteiger partial charge in [-0.05, 0) is 25.2 Å². The predicted octanol–water partition coefficient (Wildman–Crippen LogP) is 0.684. The van der Waals surface area contributed by atoms with Gasteiger partial charge in [0.15, 0.2) is 0 Å². The van der Waals surface area contributed by atoms with E-state index in [4.69, 9.17) is 0 Å². The molecule has 0 saturated heterocycles. The lowest BCUT2D eigenvalue weighted by Gasteiger charge is -2.16. The van der Waals surface area contributed by atoms with Crippen molar-refractivity contribution in [2.45, 2.75) is 0 Å². The van der Waals surface area contributed by atoms with Gasteiger partial charge in [0, 0.05) is 25.7 Å². The molecule has 1 amide bonds. The quantitative estimate of drug-likeness (QED) is 0.765. The highest BCUT2D eigenvalue weighted by Crippen LogP contribution is 2.12. The second-order valence-electron chi connectivity index (χ2n) is 3.38. The average molecular weight is 208 g/mol. The molecule has 0 fully saturated rings. The van der Waals surface area contributed by atoms with Crippen molar-refractivity contribution >= 4 is 5.91 Å². The van der Waals surface area contributed by atoms with Crippen LogP contribution in [-0.2, 0) is 0 Å². The highest BCUT2D eigenvalue weighted by Gasteiger charge is 2.10. The maximum Gasteiger partial charge on any atom is 0.253 e. The Bertz CT molecular complexity index is 339. The molecule has 0 aliphatic heterocycles. The van der Waals surface area contributed by atoms with E-state index in [1.54, 1.807) is 30.1 Å². The van der Waals surface area contributed by atoms with E-state index in [1.807, 2.05) is 7.05 Å². The molecule has 1 aromatic rings. The highest BCUT2D eigenvalue weighted by molar-refractivity contribution is 5.94. The number of carbonyl (C=O) groups excluding carboxylic acids is 1. The topological polar surface area (TPSA) is 52.6 Å². The van der Waals surface area contributed by atoms with Crippen molar-refractivity contribution in [2.24, 2.45) is 0 Å². The first-order chi connectivity index (χ1) is 7.15. The SMILES string of the molecule is CNCCN(C)C(=O)c1cccc(O)c1. The summed E-state index contributed by atoms with van der Waals surface area (Å²) in [5.74, 6) is 0.0315. The van der Waals surface area contributed by atoms with E-state index < -0.39 is 0 Å². The van der Waals surface area contributed by atoms with Crippen LogP contribution in [0.1, 0.15) is 10.4 Å². The molecule has 4 heteroatoms. The zero-order valence-electron chi connectivity index (χ0n) is 9.03. The number of hydrogen-bond donors (Lipinski definition) is 2. The second kappa shape index (κ2) is 5.36. The summed E-state index contributed by atoms with van der Waals surface area (Å²) >= 11 is 0. The van der Waals surface area contributed by atoms with Crippen molar-refractivity contribution in [1.82, 2.24) is 10.2 Å². The summed E-state index contributed by atoms with van der Waals surface area (Å²) in [6, 6.07) is 6.37. The fraction of sp³-hybridized carbons (Fsp3) is 0.364. The molecule has 0 aliphatic carbocycles. The van der Waals surface area contributed by atoms with Gasteiger partial charge >= 0.3 is 0 Å². The second-order valence-corrected chi connectivity index (χ2v) is 3.38. The molecule has 0 aromatic heterocycles. The number of benzene rings is 1. The molecule has 1 aromatic carbocycles. The third-order valence-corrected chi connectivity index (χ3v) is 2.14. The predicted molar refractivity (Wildman–Crippen MR) is 59.0 cm³/mol. The lowest BCUT2D eigenvalue weighted by molar-refractivity contribution is 0.0796. The van der Waals surface area contributed by atoms with Crippen LogP contribution in [0.15, 0.2) is 24.3 Å². The van der Waals surface area contributed by atoms with E-state index in [9.17, 15) is 9.90 Å². The first-order valence-corrected chi connectivity index (χ1v) is 4.84. The minimum Gasteiger partial charge on any atom is -0.508 e. The first kappa shape index (κ1) is 11.5. The first-order valence-electron chi connectivity index (χ1n) is 4.84. The summed E-state index contributed by atoms with van der Waals surface area (Å²) in [6.07, 6.45) is 0. The molecular formula is C11H16N2O2. The molecule has 82 valence electrons. The van der Waals surface area contributed by atoms with Gasteiger partial charge in [0.1, 0.15) is 5.75 Å². The van der Waals surface area contributed by atoms with Crippen LogP contribution < -0.4 is 5.32 Å². The van der Waals surface area contributed by atoms with Gasteiger partial charge in [-0.25, -0.2) is 0 Å². The van der Waals surface area contributed by atoms with E-state index in [1.165, 1.54) is 6.07 Å². The maximum absolute atomic E-state index is 11.8. The summed E-state index contributed by atoms with van der Waals surface area (Å²) in [5.41, 5.74) is 0.508. The molecule has 0 unspecified atom stereocenters. The Hall–Kier alpha value is -1.55. The number of phenols is 1. The summed E-state index contributed by atoms with van der Waals surface area (Å²) in [4.78, 5) is 13.4. The Morgan fingerprint density at radius 2 is 2.27 bits per heavy atom. The molecule has 0 atom stereocenters. The zero-order chi connectivity index (χ0) is 11.3. The zero-order valence-corrected chi connectivity index (χ0v) is 9.03. The van der Waals surface area contributed by atoms with Crippen molar-refractivity contribution in [1.29, 1.82) is 0 Å². The molecule has 1 rings (SSSR count). The van der Waals surface area contributed by atoms with Crippen molar-refractivity contribution in [3.05, 3.63) is 29.8 Å². The van der Waals surface area contributed by atoms with Gasteiger partial charge in [-0.2, -0.15) is 0 Å². The van der Waals surface area contributed by atoms with E-state index in [0.29, 0.717) is 12.1 Å². The van der Waals surface area contributed by atoms with Gasteiger partial charge < -0.3 is 15.3 Å². The number of aromatic hydroxyl groups is 1. The Morgan fingerprint density at radius 3 is 2.87 bits per heavy atom. The molecule has 0 aliphatic rings. The van der Waals surface area contributed by atoms with Gasteiger partial charge in [0.05, 0.1) is 0 Å². The molecule has 2 N–H and O–H groups in total. The normalized spacial score (nSPS) is 10.0. The van der Waals surface area contributed by atoms with Crippen LogP contribution in [0, 0.1) is 0 Å². The van der Waals surface area contributed by atoms with Crippen LogP contribution in [0.4, 0.5) is 0 Å². The van der Waals surface area contributed by atoms with Crippen molar-refractivity contribution < 1.29 is 9.90 Å². The Labute approximate surface area is 89.5 Å². The minimum absolute atomic E-state index is 0.0823. The lowest BCUT2D eigenvalue weighted by Crippen LogP contribution is -2.32. The molecule has 0 radical (unpaired) electrons. The van der Waals surface area contributed by atoms with E-state index in [0.717, 1.165) is 6.54 Å². The molecule has 0 bridgehead atoms. The summed E-state index contributed by atoms with van der Waals surface area (Å²) < 4.78 is 0. The van der Waals surface area contributed by atoms with Gasteiger partial charge in [-0.3, -0.25) is 4.79 Å². The van der Waals surface area contributed by atoms with Gasteiger partial charge in [0.25, 0.3) is 5.91 Å². The smallest absolute Gasteiger partial charge is 0.253 e. The molecule has 15 heavy (non-hydrogen) atoms. The molecule has 0 spiro atoms. The van der Waals surface area contributed by atoms with Crippen LogP contribution in [0.3, 0.4) is 0 Å². The maximum atomic E-state index is 11.8. The number of rotatable bonds is 4. The Morgan fingerprint density at radius 1 is 1.53 bits per heavy atom. The number of phenolic OH excluding ortho intramolecular Hbond substituents is 1. The van der Waals surface area contributed by atoms with Crippen LogP contribution in [0.5, 0.6) is 5.75 Å². The van der Waals surface area contributed by atoms with Gasteiger partial charge in [0.2, 0.25) is 0 Å². The number of nitrogens with one attached hydrogen (secondary N) is 1. The van der Waals surface area contributed by atoms with E-state index >= 15 is 0 Å². The fourth-order valence-electron chi connectivity index (χ4n) is 1.24. The average Bonchev–Trinajstić information content (AvgIpc) is 2.24. The van der Waals surface area contributed by atoms with Crippen LogP contribution >= 0.6 is 0 Å². The number of likely N-dealkylation sites (N-methyl/N-ethyl adjacent to an activating group) is 2. The molecule has 4 nitrogen and oxygen atoms in total. The highest BCUT2D eigenvalue weighted by atomic mass is 16.3. The Kier molecular flexibility index (Phi) is 4.12. The Balaban J connectivity index is 2.67. The summed E-state index contributed by atoms with van der Waals surface area (Å²) in [6.45, 7) is 1.39. The van der Waals surface area contributed by atoms with Crippen molar-refractivity contribution in [3.63, 3.8) is 0 Å². The fourth-order valence-corrected chi connectivity index (χ4v) is 1.24. The van der Waals surface area contributed by atoms with Gasteiger partial charge in [-0.15, -0.1) is 0 Å². The number of carbonyl (C=O) groups is 1. The third kappa shape index (κ3) is 3.25. The van der Waals surface area contributed by atoms with Crippen molar-refractivity contribution in [3.8, 4) is 5.75 Å². The van der Waals surface area contributed by atoms with Crippen LogP contribution in [0.25, 0.3) is 0 Å². The largest absolute Gasteiger partial charge is 0.508 e. The molecule has 0 heterocycles. The standard InChI is InChI=1S/C11H16N2O2/c1-12-6-7-13(2)11(15)9-4-3-5-10(14)8-9/h3-5,8,12,14H,6-7H2,1-2H3. The van der Waals surface area contributed by atoms with Crippen LogP contribution in [-0.4, -0.2) is 43.1 Å². The lowest BCUT2D eigenvalue weighted by atomic mass is 10.2. The van der Waals surface area contributed by atoms with Gasteiger partial charge in [-0.1, -0.05) is 6.07 Å². The van der Waals surface area contributed by atoms with Crippen molar-refractivity contribution in [2.75, 3.05) is 27.2 Å². The summed E-state index contributed by atoms with van der Waals surface area (Å²) in [5, 5.41) is 12.2. The molecule has 0 saturated carbocycles. The summed E-state index contributed by atoms with van der Waals surface area (Å²) in [7, 11) is 3.58. The van der Waals surface area contributed by atoms with E-state index in [2.05, 4.69) is 5.32 Å². The number of nitrogens with zero attached hydrogens (tertiary/aromatic N) is 1.